The van der Waals surface area contributed by atoms with Gasteiger partial charge in [-0.05, 0) is 12.5 Å². The molecule has 0 radical (unpaired) electrons. The molecule has 138 valence electrons. The number of aromatic nitrogens is 4. The van der Waals surface area contributed by atoms with Crippen molar-refractivity contribution in [1.82, 2.24) is 19.9 Å². The maximum absolute atomic E-state index is 9.45. The number of H-pyrrole nitrogens is 1. The monoisotopic (exact) mass is 365 g/mol. The summed E-state index contributed by atoms with van der Waals surface area (Å²) < 4.78 is 10.7. The summed E-state index contributed by atoms with van der Waals surface area (Å²) in [5.41, 5.74) is 8.25. The number of nitriles is 1. The van der Waals surface area contributed by atoms with Crippen molar-refractivity contribution in [2.24, 2.45) is 5.73 Å². The van der Waals surface area contributed by atoms with Gasteiger partial charge < -0.3 is 25.5 Å². The molecule has 4 heterocycles. The number of anilines is 1. The lowest BCUT2D eigenvalue weighted by Crippen LogP contribution is -2.47. The van der Waals surface area contributed by atoms with Crippen LogP contribution in [0.4, 0.5) is 5.82 Å². The largest absolute Gasteiger partial charge is 0.494 e. The Morgan fingerprint density at radius 3 is 3.07 bits per heavy atom. The number of aromatic amines is 1. The molecule has 9 nitrogen and oxygen atoms in total. The van der Waals surface area contributed by atoms with Crippen LogP contribution < -0.4 is 15.8 Å². The Bertz CT molecular complexity index is 1010. The summed E-state index contributed by atoms with van der Waals surface area (Å²) in [6.45, 7) is 1.15. The molecule has 0 saturated carbocycles. The van der Waals surface area contributed by atoms with Crippen molar-refractivity contribution in [3.63, 3.8) is 0 Å². The molecule has 3 aromatic heterocycles. The third-order valence-corrected chi connectivity index (χ3v) is 4.60. The molecule has 1 saturated heterocycles. The van der Waals surface area contributed by atoms with Gasteiger partial charge in [-0.1, -0.05) is 0 Å². The third-order valence-electron chi connectivity index (χ3n) is 4.60. The Kier molecular flexibility index (Phi) is 4.58. The minimum absolute atomic E-state index is 0.0424. The lowest BCUT2D eigenvalue weighted by atomic mass is 10.0. The summed E-state index contributed by atoms with van der Waals surface area (Å²) in [6, 6.07) is 3.89. The van der Waals surface area contributed by atoms with Gasteiger partial charge in [0.15, 0.2) is 5.69 Å². The standard InChI is InChI=1S/C18H19N7O2/c1-26-16-7-21-6-15-10(16)4-13(23-15)18-14(5-19)22-8-17(25-18)24-12-2-3-27-9-11(12)20/h4,6-8,11-12,23H,2-3,9,20H2,1H3,(H,24,25)/t11-,12+/m0/s1. The van der Waals surface area contributed by atoms with E-state index in [1.54, 1.807) is 25.7 Å². The van der Waals surface area contributed by atoms with E-state index < -0.39 is 0 Å². The highest BCUT2D eigenvalue weighted by atomic mass is 16.5. The second-order valence-electron chi connectivity index (χ2n) is 6.33. The van der Waals surface area contributed by atoms with Crippen LogP contribution in [-0.4, -0.2) is 52.3 Å². The molecule has 0 aromatic carbocycles. The van der Waals surface area contributed by atoms with Crippen molar-refractivity contribution in [1.29, 1.82) is 5.26 Å². The highest BCUT2D eigenvalue weighted by Gasteiger charge is 2.23. The van der Waals surface area contributed by atoms with E-state index in [1.165, 1.54) is 0 Å². The van der Waals surface area contributed by atoms with Crippen molar-refractivity contribution < 1.29 is 9.47 Å². The van der Waals surface area contributed by atoms with Crippen LogP contribution in [0.1, 0.15) is 12.1 Å². The van der Waals surface area contributed by atoms with E-state index in [-0.39, 0.29) is 17.8 Å². The zero-order valence-electron chi connectivity index (χ0n) is 14.8. The molecule has 1 aliphatic heterocycles. The van der Waals surface area contributed by atoms with E-state index in [0.29, 0.717) is 36.2 Å². The van der Waals surface area contributed by atoms with Crippen molar-refractivity contribution in [3.05, 3.63) is 30.4 Å². The van der Waals surface area contributed by atoms with Crippen LogP contribution in [0.25, 0.3) is 22.3 Å². The second kappa shape index (κ2) is 7.19. The summed E-state index contributed by atoms with van der Waals surface area (Å²) >= 11 is 0. The summed E-state index contributed by atoms with van der Waals surface area (Å²) in [5.74, 6) is 1.21. The Morgan fingerprint density at radius 2 is 2.30 bits per heavy atom. The fourth-order valence-electron chi connectivity index (χ4n) is 3.17. The minimum atomic E-state index is -0.122. The molecular formula is C18H19N7O2. The molecule has 3 aromatic rings. The average Bonchev–Trinajstić information content (AvgIpc) is 3.14. The molecule has 9 heteroatoms. The normalized spacial score (nSPS) is 19.6. The molecule has 0 amide bonds. The fourth-order valence-corrected chi connectivity index (χ4v) is 3.17. The number of fused-ring (bicyclic) bond motifs is 1. The van der Waals surface area contributed by atoms with Crippen molar-refractivity contribution >= 4 is 16.7 Å². The van der Waals surface area contributed by atoms with Crippen LogP contribution in [-0.2, 0) is 4.74 Å². The maximum atomic E-state index is 9.45. The number of nitrogens with two attached hydrogens (primary N) is 1. The van der Waals surface area contributed by atoms with Gasteiger partial charge in [-0.2, -0.15) is 5.26 Å². The van der Waals surface area contributed by atoms with Crippen LogP contribution in [0.2, 0.25) is 0 Å². The predicted molar refractivity (Wildman–Crippen MR) is 99.2 cm³/mol. The average molecular weight is 365 g/mol. The lowest BCUT2D eigenvalue weighted by Gasteiger charge is -2.29. The number of ether oxygens (including phenoxy) is 2. The van der Waals surface area contributed by atoms with Gasteiger partial charge in [0, 0.05) is 24.1 Å². The van der Waals surface area contributed by atoms with Gasteiger partial charge in [0.25, 0.3) is 0 Å². The number of rotatable bonds is 4. The number of hydrogen-bond donors (Lipinski definition) is 3. The molecule has 0 bridgehead atoms. The van der Waals surface area contributed by atoms with Gasteiger partial charge in [-0.15, -0.1) is 0 Å². The molecule has 0 unspecified atom stereocenters. The number of nitrogens with zero attached hydrogens (tertiary/aromatic N) is 4. The van der Waals surface area contributed by atoms with Crippen LogP contribution in [0.3, 0.4) is 0 Å². The van der Waals surface area contributed by atoms with Gasteiger partial charge in [-0.3, -0.25) is 4.98 Å². The van der Waals surface area contributed by atoms with Crippen molar-refractivity contribution in [2.75, 3.05) is 25.6 Å². The third kappa shape index (κ3) is 3.28. The SMILES string of the molecule is COc1cncc2[nH]c(-c3nc(N[C@@H]4CCOC[C@@H]4N)cnc3C#N)cc12. The molecular weight excluding hydrogens is 346 g/mol. The Hall–Kier alpha value is -3.22. The molecule has 4 N–H and O–H groups in total. The minimum Gasteiger partial charge on any atom is -0.494 e. The topological polar surface area (TPSA) is 135 Å². The fraction of sp³-hybridized carbons (Fsp3) is 0.333. The van der Waals surface area contributed by atoms with Crippen molar-refractivity contribution in [2.45, 2.75) is 18.5 Å². The molecule has 0 aliphatic carbocycles. The maximum Gasteiger partial charge on any atom is 0.168 e. The zero-order valence-corrected chi connectivity index (χ0v) is 14.8. The van der Waals surface area contributed by atoms with Gasteiger partial charge >= 0.3 is 0 Å². The Balaban J connectivity index is 1.72. The van der Waals surface area contributed by atoms with Gasteiger partial charge in [0.05, 0.1) is 43.5 Å². The first kappa shape index (κ1) is 17.2. The van der Waals surface area contributed by atoms with E-state index in [2.05, 4.69) is 31.3 Å². The van der Waals surface area contributed by atoms with Crippen LogP contribution in [0.15, 0.2) is 24.7 Å². The van der Waals surface area contributed by atoms with E-state index in [1.807, 2.05) is 6.07 Å². The lowest BCUT2D eigenvalue weighted by molar-refractivity contribution is 0.0752. The summed E-state index contributed by atoms with van der Waals surface area (Å²) in [5, 5.41) is 13.6. The summed E-state index contributed by atoms with van der Waals surface area (Å²) in [6.07, 6.45) is 5.67. The number of methoxy groups -OCH3 is 1. The van der Waals surface area contributed by atoms with E-state index in [0.717, 1.165) is 17.3 Å². The first-order chi connectivity index (χ1) is 13.2. The van der Waals surface area contributed by atoms with Gasteiger partial charge in [0.2, 0.25) is 0 Å². The highest BCUT2D eigenvalue weighted by molar-refractivity contribution is 5.90. The highest BCUT2D eigenvalue weighted by Crippen LogP contribution is 2.30. The van der Waals surface area contributed by atoms with Crippen LogP contribution >= 0.6 is 0 Å². The quantitative estimate of drug-likeness (QED) is 0.632. The van der Waals surface area contributed by atoms with E-state index >= 15 is 0 Å². The van der Waals surface area contributed by atoms with E-state index in [4.69, 9.17) is 15.2 Å². The summed E-state index contributed by atoms with van der Waals surface area (Å²) in [7, 11) is 1.59. The molecule has 0 spiro atoms. The number of hydrogen-bond acceptors (Lipinski definition) is 8. The first-order valence-electron chi connectivity index (χ1n) is 8.57. The second-order valence-corrected chi connectivity index (χ2v) is 6.33. The van der Waals surface area contributed by atoms with Gasteiger partial charge in [-0.25, -0.2) is 9.97 Å². The predicted octanol–water partition coefficient (Wildman–Crippen LogP) is 1.43. The number of nitrogens with one attached hydrogen (secondary N) is 2. The van der Waals surface area contributed by atoms with Gasteiger partial charge in [0.1, 0.15) is 23.3 Å². The summed E-state index contributed by atoms with van der Waals surface area (Å²) in [4.78, 5) is 16.2. The molecule has 27 heavy (non-hydrogen) atoms. The van der Waals surface area contributed by atoms with Crippen LogP contribution in [0.5, 0.6) is 5.75 Å². The number of pyridine rings is 1. The van der Waals surface area contributed by atoms with Crippen molar-refractivity contribution in [3.8, 4) is 23.2 Å². The molecule has 1 aliphatic rings. The Labute approximate surface area is 155 Å². The molecule has 4 rings (SSSR count). The smallest absolute Gasteiger partial charge is 0.168 e. The Morgan fingerprint density at radius 1 is 1.41 bits per heavy atom. The zero-order chi connectivity index (χ0) is 18.8. The first-order valence-corrected chi connectivity index (χ1v) is 8.57. The van der Waals surface area contributed by atoms with E-state index in [9.17, 15) is 5.26 Å². The molecule has 1 fully saturated rings. The molecule has 2 atom stereocenters. The van der Waals surface area contributed by atoms with Crippen LogP contribution in [0, 0.1) is 11.3 Å².